The molecule has 2 N–H and O–H groups in total. The maximum atomic E-state index is 12.9. The fourth-order valence-corrected chi connectivity index (χ4v) is 3.97. The second kappa shape index (κ2) is 10.4. The molecule has 2 aromatic carbocycles. The Morgan fingerprint density at radius 2 is 1.80 bits per heavy atom. The number of alkyl carbamates (subject to hydrolysis) is 1. The molecule has 0 saturated carbocycles. The Labute approximate surface area is 201 Å². The van der Waals surface area contributed by atoms with Crippen molar-refractivity contribution >= 4 is 29.8 Å². The van der Waals surface area contributed by atoms with E-state index >= 15 is 0 Å². The largest absolute Gasteiger partial charge is 0.459 e. The van der Waals surface area contributed by atoms with Crippen LogP contribution >= 0.6 is 0 Å². The number of nitrogens with zero attached hydrogens (tertiary/aromatic N) is 1. The van der Waals surface area contributed by atoms with Gasteiger partial charge in [0.15, 0.2) is 0 Å². The summed E-state index contributed by atoms with van der Waals surface area (Å²) in [4.78, 5) is 62.1. The molecular formula is C25H25N3O7. The topological polar surface area (TPSA) is 131 Å². The number of piperidine rings is 1. The van der Waals surface area contributed by atoms with Crippen molar-refractivity contribution in [2.45, 2.75) is 51.6 Å². The second-order valence-corrected chi connectivity index (χ2v) is 8.43. The van der Waals surface area contributed by atoms with Crippen LogP contribution in [0.5, 0.6) is 0 Å². The summed E-state index contributed by atoms with van der Waals surface area (Å²) in [6.07, 6.45) is -0.332. The van der Waals surface area contributed by atoms with Crippen LogP contribution in [0.4, 0.5) is 4.79 Å². The van der Waals surface area contributed by atoms with Crippen LogP contribution in [0, 0.1) is 0 Å². The summed E-state index contributed by atoms with van der Waals surface area (Å²) < 4.78 is 10.4. The molecule has 2 heterocycles. The van der Waals surface area contributed by atoms with Gasteiger partial charge < -0.3 is 19.7 Å². The highest BCUT2D eigenvalue weighted by Gasteiger charge is 2.39. The number of rotatable bonds is 7. The van der Waals surface area contributed by atoms with Crippen molar-refractivity contribution in [3.05, 3.63) is 70.8 Å². The number of fused-ring (bicyclic) bond motifs is 1. The van der Waals surface area contributed by atoms with Crippen LogP contribution in [0.2, 0.25) is 0 Å². The van der Waals surface area contributed by atoms with Crippen LogP contribution in [0.3, 0.4) is 0 Å². The average Bonchev–Trinajstić information content (AvgIpc) is 3.17. The Hall–Kier alpha value is -4.21. The lowest BCUT2D eigenvalue weighted by Crippen LogP contribution is -2.52. The number of hydrogen-bond acceptors (Lipinski definition) is 7. The molecule has 2 aliphatic heterocycles. The molecule has 2 atom stereocenters. The minimum atomic E-state index is -0.908. The van der Waals surface area contributed by atoms with E-state index in [0.29, 0.717) is 11.1 Å². The Morgan fingerprint density at radius 3 is 2.54 bits per heavy atom. The molecule has 35 heavy (non-hydrogen) atoms. The highest BCUT2D eigenvalue weighted by molar-refractivity contribution is 6.05. The summed E-state index contributed by atoms with van der Waals surface area (Å²) in [6.45, 7) is 1.74. The minimum absolute atomic E-state index is 0.0970. The monoisotopic (exact) mass is 479 g/mol. The van der Waals surface area contributed by atoms with Crippen LogP contribution in [0.15, 0.2) is 48.5 Å². The third kappa shape index (κ3) is 5.65. The Morgan fingerprint density at radius 1 is 1.06 bits per heavy atom. The molecule has 0 bridgehead atoms. The van der Waals surface area contributed by atoms with Crippen LogP contribution in [0.25, 0.3) is 0 Å². The van der Waals surface area contributed by atoms with Gasteiger partial charge in [0.2, 0.25) is 11.8 Å². The number of ether oxygens (including phenoxy) is 2. The zero-order valence-electron chi connectivity index (χ0n) is 19.1. The van der Waals surface area contributed by atoms with Crippen molar-refractivity contribution < 1.29 is 33.4 Å². The molecule has 10 nitrogen and oxygen atoms in total. The van der Waals surface area contributed by atoms with Gasteiger partial charge in [-0.15, -0.1) is 0 Å². The molecule has 0 aromatic heterocycles. The van der Waals surface area contributed by atoms with E-state index in [1.807, 2.05) is 30.3 Å². The molecule has 4 amide bonds. The number of imide groups is 1. The first-order valence-electron chi connectivity index (χ1n) is 11.2. The van der Waals surface area contributed by atoms with E-state index in [1.165, 1.54) is 11.8 Å². The van der Waals surface area contributed by atoms with Crippen molar-refractivity contribution in [2.24, 2.45) is 0 Å². The van der Waals surface area contributed by atoms with E-state index in [4.69, 9.17) is 9.47 Å². The van der Waals surface area contributed by atoms with Crippen LogP contribution in [-0.2, 0) is 43.6 Å². The summed E-state index contributed by atoms with van der Waals surface area (Å²) in [5.41, 5.74) is 2.59. The number of carbonyl (C=O) groups is 5. The summed E-state index contributed by atoms with van der Waals surface area (Å²) in [7, 11) is 0. The summed E-state index contributed by atoms with van der Waals surface area (Å²) >= 11 is 0. The molecule has 1 saturated heterocycles. The lowest BCUT2D eigenvalue weighted by molar-refractivity contribution is -0.147. The fourth-order valence-electron chi connectivity index (χ4n) is 3.97. The number of carbonyl (C=O) groups excluding carboxylic acids is 5. The van der Waals surface area contributed by atoms with Gasteiger partial charge in [-0.25, -0.2) is 9.59 Å². The molecular weight excluding hydrogens is 454 g/mol. The van der Waals surface area contributed by atoms with Crippen molar-refractivity contribution in [3.63, 3.8) is 0 Å². The Kier molecular flexibility index (Phi) is 7.09. The van der Waals surface area contributed by atoms with Gasteiger partial charge in [-0.3, -0.25) is 19.7 Å². The van der Waals surface area contributed by atoms with Crippen LogP contribution in [-0.4, -0.2) is 46.8 Å². The van der Waals surface area contributed by atoms with Gasteiger partial charge in [-0.2, -0.15) is 0 Å². The number of amides is 4. The molecule has 0 aliphatic carbocycles. The SMILES string of the molecule is CC(NC(=O)OCc1ccc2c(c1)C(=O)N(C1CCC(=O)NC1=O)C2)C(=O)OCc1ccccc1. The lowest BCUT2D eigenvalue weighted by Gasteiger charge is -2.29. The van der Waals surface area contributed by atoms with E-state index in [0.717, 1.165) is 11.1 Å². The average molecular weight is 479 g/mol. The number of esters is 1. The summed E-state index contributed by atoms with van der Waals surface area (Å²) in [5, 5.41) is 4.69. The lowest BCUT2D eigenvalue weighted by atomic mass is 10.0. The molecule has 0 radical (unpaired) electrons. The number of nitrogens with one attached hydrogen (secondary N) is 2. The molecule has 4 rings (SSSR count). The zero-order chi connectivity index (χ0) is 24.9. The predicted octanol–water partition coefficient (Wildman–Crippen LogP) is 1.81. The minimum Gasteiger partial charge on any atom is -0.459 e. The number of benzene rings is 2. The van der Waals surface area contributed by atoms with Gasteiger partial charge >= 0.3 is 12.1 Å². The molecule has 0 spiro atoms. The third-order valence-electron chi connectivity index (χ3n) is 5.87. The Balaban J connectivity index is 1.27. The van der Waals surface area contributed by atoms with Crippen molar-refractivity contribution in [1.29, 1.82) is 0 Å². The molecule has 2 aromatic rings. The third-order valence-corrected chi connectivity index (χ3v) is 5.87. The maximum absolute atomic E-state index is 12.9. The van der Waals surface area contributed by atoms with E-state index < -0.39 is 30.1 Å². The van der Waals surface area contributed by atoms with E-state index in [9.17, 15) is 24.0 Å². The first-order valence-corrected chi connectivity index (χ1v) is 11.2. The van der Waals surface area contributed by atoms with Gasteiger partial charge in [-0.05, 0) is 36.1 Å². The zero-order valence-corrected chi connectivity index (χ0v) is 19.1. The van der Waals surface area contributed by atoms with Gasteiger partial charge in [0.1, 0.15) is 25.3 Å². The van der Waals surface area contributed by atoms with E-state index in [-0.39, 0.29) is 44.4 Å². The van der Waals surface area contributed by atoms with Gasteiger partial charge in [-0.1, -0.05) is 42.5 Å². The quantitative estimate of drug-likeness (QED) is 0.457. The highest BCUT2D eigenvalue weighted by atomic mass is 16.6. The first kappa shape index (κ1) is 23.9. The fraction of sp³-hybridized carbons (Fsp3) is 0.320. The first-order chi connectivity index (χ1) is 16.8. The molecule has 2 unspecified atom stereocenters. The summed E-state index contributed by atoms with van der Waals surface area (Å²) in [6, 6.07) is 12.7. The van der Waals surface area contributed by atoms with Crippen LogP contribution < -0.4 is 10.6 Å². The van der Waals surface area contributed by atoms with Gasteiger partial charge in [0.05, 0.1) is 0 Å². The van der Waals surface area contributed by atoms with Crippen molar-refractivity contribution in [2.75, 3.05) is 0 Å². The maximum Gasteiger partial charge on any atom is 0.408 e. The standard InChI is InChI=1S/C25H25N3O7/c1-15(24(32)34-13-16-5-3-2-4-6-16)26-25(33)35-14-17-7-8-18-12-28(23(31)19(18)11-17)20-9-10-21(29)27-22(20)30/h2-8,11,15,20H,9-10,12-14H2,1H3,(H,26,33)(H,27,29,30). The molecule has 2 aliphatic rings. The highest BCUT2D eigenvalue weighted by Crippen LogP contribution is 2.28. The molecule has 10 heteroatoms. The second-order valence-electron chi connectivity index (χ2n) is 8.43. The van der Waals surface area contributed by atoms with E-state index in [2.05, 4.69) is 10.6 Å². The predicted molar refractivity (Wildman–Crippen MR) is 122 cm³/mol. The van der Waals surface area contributed by atoms with E-state index in [1.54, 1.807) is 18.2 Å². The van der Waals surface area contributed by atoms with Gasteiger partial charge in [0.25, 0.3) is 5.91 Å². The van der Waals surface area contributed by atoms with Crippen molar-refractivity contribution in [1.82, 2.24) is 15.5 Å². The summed E-state index contributed by atoms with van der Waals surface area (Å²) in [5.74, 6) is -1.72. The van der Waals surface area contributed by atoms with Crippen molar-refractivity contribution in [3.8, 4) is 0 Å². The molecule has 182 valence electrons. The Bertz CT molecular complexity index is 1160. The smallest absolute Gasteiger partial charge is 0.408 e. The number of hydrogen-bond donors (Lipinski definition) is 2. The molecule has 1 fully saturated rings. The van der Waals surface area contributed by atoms with Crippen LogP contribution in [0.1, 0.15) is 46.8 Å². The normalized spacial score (nSPS) is 17.9. The van der Waals surface area contributed by atoms with Gasteiger partial charge in [0, 0.05) is 18.5 Å².